The number of aliphatic carboxylic acids is 2. The molecule has 0 aliphatic carbocycles. The number of hydrogen-bond acceptors (Lipinski definition) is 5. The SMILES string of the molecule is C[C@@H](O)[C@H](N)C(=O)O.NCCC(=O)O. The van der Waals surface area contributed by atoms with Gasteiger partial charge >= 0.3 is 11.9 Å². The molecular formula is C7H16N2O5. The van der Waals surface area contributed by atoms with Crippen molar-refractivity contribution >= 4 is 11.9 Å². The zero-order valence-corrected chi connectivity index (χ0v) is 7.88. The molecule has 0 aromatic carbocycles. The van der Waals surface area contributed by atoms with Gasteiger partial charge in [-0.05, 0) is 6.92 Å². The van der Waals surface area contributed by atoms with Gasteiger partial charge in [0.1, 0.15) is 6.04 Å². The second-order valence-electron chi connectivity index (χ2n) is 2.54. The largest absolute Gasteiger partial charge is 0.481 e. The van der Waals surface area contributed by atoms with Crippen molar-refractivity contribution < 1.29 is 24.9 Å². The fourth-order valence-electron chi connectivity index (χ4n) is 0.330. The molecule has 0 rings (SSSR count). The highest BCUT2D eigenvalue weighted by molar-refractivity contribution is 5.73. The Morgan fingerprint density at radius 2 is 1.79 bits per heavy atom. The number of carboxylic acid groups (broad SMARTS) is 2. The van der Waals surface area contributed by atoms with Crippen LogP contribution >= 0.6 is 0 Å². The molecule has 0 aromatic rings. The Bertz CT molecular complexity index is 183. The maximum absolute atomic E-state index is 9.86. The van der Waals surface area contributed by atoms with Gasteiger partial charge in [-0.15, -0.1) is 0 Å². The van der Waals surface area contributed by atoms with Gasteiger partial charge in [-0.25, -0.2) is 0 Å². The maximum atomic E-state index is 9.86. The predicted octanol–water partition coefficient (Wildman–Crippen LogP) is -1.80. The van der Waals surface area contributed by atoms with Crippen LogP contribution in [-0.2, 0) is 9.59 Å². The summed E-state index contributed by atoms with van der Waals surface area (Å²) in [5.41, 5.74) is 9.76. The maximum Gasteiger partial charge on any atom is 0.323 e. The molecule has 2 atom stereocenters. The molecule has 0 saturated carbocycles. The van der Waals surface area contributed by atoms with Crippen LogP contribution in [0.15, 0.2) is 0 Å². The molecular weight excluding hydrogens is 192 g/mol. The van der Waals surface area contributed by atoms with Crippen LogP contribution in [0.1, 0.15) is 13.3 Å². The Hall–Kier alpha value is -1.18. The highest BCUT2D eigenvalue weighted by Gasteiger charge is 2.16. The van der Waals surface area contributed by atoms with Crippen molar-refractivity contribution in [1.29, 1.82) is 0 Å². The zero-order chi connectivity index (χ0) is 11.7. The molecule has 7 N–H and O–H groups in total. The predicted molar refractivity (Wildman–Crippen MR) is 48.6 cm³/mol. The molecule has 0 aliphatic heterocycles. The normalized spacial score (nSPS) is 13.4. The van der Waals surface area contributed by atoms with E-state index in [1.54, 1.807) is 0 Å². The Balaban J connectivity index is 0. The standard InChI is InChI=1S/C4H9NO3.C3H7NO2/c1-2(6)3(5)4(7)8;4-2-1-3(5)6/h2-3,6H,5H2,1H3,(H,7,8);1-2,4H2,(H,5,6)/t2-,3+;/m1./s1. The van der Waals surface area contributed by atoms with Gasteiger partial charge in [0.15, 0.2) is 0 Å². The first kappa shape index (κ1) is 15.3. The summed E-state index contributed by atoms with van der Waals surface area (Å²) in [6.45, 7) is 1.56. The second kappa shape index (κ2) is 8.42. The summed E-state index contributed by atoms with van der Waals surface area (Å²) in [5.74, 6) is -2.02. The highest BCUT2D eigenvalue weighted by atomic mass is 16.4. The average Bonchev–Trinajstić information content (AvgIpc) is 2.03. The molecule has 84 valence electrons. The molecule has 0 fully saturated rings. The minimum atomic E-state index is -1.18. The van der Waals surface area contributed by atoms with Gasteiger partial charge in [0.25, 0.3) is 0 Å². The van der Waals surface area contributed by atoms with Crippen molar-refractivity contribution in [3.63, 3.8) is 0 Å². The van der Waals surface area contributed by atoms with E-state index in [0.717, 1.165) is 0 Å². The van der Waals surface area contributed by atoms with E-state index in [9.17, 15) is 9.59 Å². The van der Waals surface area contributed by atoms with Crippen LogP contribution in [0, 0.1) is 0 Å². The zero-order valence-electron chi connectivity index (χ0n) is 7.88. The van der Waals surface area contributed by atoms with E-state index in [1.807, 2.05) is 0 Å². The minimum absolute atomic E-state index is 0.0694. The molecule has 7 heteroatoms. The van der Waals surface area contributed by atoms with Gasteiger partial charge in [-0.3, -0.25) is 9.59 Å². The highest BCUT2D eigenvalue weighted by Crippen LogP contribution is 1.85. The van der Waals surface area contributed by atoms with Crippen LogP contribution in [0.4, 0.5) is 0 Å². The van der Waals surface area contributed by atoms with E-state index < -0.39 is 24.1 Å². The van der Waals surface area contributed by atoms with Gasteiger partial charge in [-0.1, -0.05) is 0 Å². The number of nitrogens with two attached hydrogens (primary N) is 2. The first-order valence-corrected chi connectivity index (χ1v) is 3.91. The number of hydrogen-bond donors (Lipinski definition) is 5. The topological polar surface area (TPSA) is 147 Å². The van der Waals surface area contributed by atoms with Crippen LogP contribution in [0.25, 0.3) is 0 Å². The Kier molecular flexibility index (Phi) is 9.20. The lowest BCUT2D eigenvalue weighted by molar-refractivity contribution is -0.141. The van der Waals surface area contributed by atoms with Crippen LogP contribution in [0.5, 0.6) is 0 Å². The van der Waals surface area contributed by atoms with E-state index >= 15 is 0 Å². The number of carbonyl (C=O) groups is 2. The molecule has 0 heterocycles. The van der Waals surface area contributed by atoms with E-state index in [4.69, 9.17) is 26.8 Å². The molecule has 0 saturated heterocycles. The van der Waals surface area contributed by atoms with E-state index in [0.29, 0.717) is 0 Å². The van der Waals surface area contributed by atoms with Crippen molar-refractivity contribution in [3.8, 4) is 0 Å². The Morgan fingerprint density at radius 1 is 1.36 bits per heavy atom. The molecule has 0 radical (unpaired) electrons. The van der Waals surface area contributed by atoms with Gasteiger partial charge in [0.05, 0.1) is 12.5 Å². The molecule has 0 aromatic heterocycles. The van der Waals surface area contributed by atoms with Crippen molar-refractivity contribution in [2.75, 3.05) is 6.54 Å². The number of rotatable bonds is 4. The van der Waals surface area contributed by atoms with E-state index in [-0.39, 0.29) is 13.0 Å². The van der Waals surface area contributed by atoms with Crippen molar-refractivity contribution in [2.24, 2.45) is 11.5 Å². The average molecular weight is 208 g/mol. The lowest BCUT2D eigenvalue weighted by atomic mass is 10.2. The lowest BCUT2D eigenvalue weighted by Gasteiger charge is -2.06. The first-order valence-electron chi connectivity index (χ1n) is 3.91. The number of carboxylic acids is 2. The van der Waals surface area contributed by atoms with Gasteiger partial charge in [0, 0.05) is 6.54 Å². The summed E-state index contributed by atoms with van der Waals surface area (Å²) >= 11 is 0. The van der Waals surface area contributed by atoms with Crippen molar-refractivity contribution in [1.82, 2.24) is 0 Å². The van der Waals surface area contributed by atoms with E-state index in [2.05, 4.69) is 0 Å². The van der Waals surface area contributed by atoms with E-state index in [1.165, 1.54) is 6.92 Å². The van der Waals surface area contributed by atoms with Crippen LogP contribution < -0.4 is 11.5 Å². The molecule has 0 unspecified atom stereocenters. The molecule has 0 aliphatic rings. The summed E-state index contributed by atoms with van der Waals surface area (Å²) in [6.07, 6.45) is -0.910. The summed E-state index contributed by atoms with van der Waals surface area (Å²) in [4.78, 5) is 19.4. The third kappa shape index (κ3) is 10.8. The van der Waals surface area contributed by atoms with Crippen LogP contribution in [0.3, 0.4) is 0 Å². The fraction of sp³-hybridized carbons (Fsp3) is 0.714. The summed E-state index contributed by atoms with van der Waals surface area (Å²) < 4.78 is 0. The quantitative estimate of drug-likeness (QED) is 0.366. The molecule has 0 bridgehead atoms. The second-order valence-corrected chi connectivity index (χ2v) is 2.54. The number of aliphatic hydroxyl groups excluding tert-OH is 1. The first-order chi connectivity index (χ1) is 6.32. The summed E-state index contributed by atoms with van der Waals surface area (Å²) in [7, 11) is 0. The lowest BCUT2D eigenvalue weighted by Crippen LogP contribution is -2.39. The van der Waals surface area contributed by atoms with Crippen molar-refractivity contribution in [2.45, 2.75) is 25.5 Å². The van der Waals surface area contributed by atoms with Crippen molar-refractivity contribution in [3.05, 3.63) is 0 Å². The molecule has 14 heavy (non-hydrogen) atoms. The van der Waals surface area contributed by atoms with Crippen LogP contribution in [0.2, 0.25) is 0 Å². The summed E-state index contributed by atoms with van der Waals surface area (Å²) in [6, 6.07) is -1.16. The van der Waals surface area contributed by atoms with Gasteiger partial charge < -0.3 is 26.8 Å². The third-order valence-corrected chi connectivity index (χ3v) is 1.16. The van der Waals surface area contributed by atoms with Gasteiger partial charge in [-0.2, -0.15) is 0 Å². The fourth-order valence-corrected chi connectivity index (χ4v) is 0.330. The monoisotopic (exact) mass is 208 g/mol. The Labute approximate surface area is 81.3 Å². The molecule has 0 amide bonds. The van der Waals surface area contributed by atoms with Crippen LogP contribution in [-0.4, -0.2) is 45.9 Å². The molecule has 0 spiro atoms. The third-order valence-electron chi connectivity index (χ3n) is 1.16. The smallest absolute Gasteiger partial charge is 0.323 e. The Morgan fingerprint density at radius 3 is 1.79 bits per heavy atom. The van der Waals surface area contributed by atoms with Gasteiger partial charge in [0.2, 0.25) is 0 Å². The summed E-state index contributed by atoms with van der Waals surface area (Å²) in [5, 5.41) is 24.4. The minimum Gasteiger partial charge on any atom is -0.481 e. The number of aliphatic hydroxyl groups is 1. The molecule has 7 nitrogen and oxygen atoms in total.